The molecule has 0 saturated heterocycles. The van der Waals surface area contributed by atoms with Crippen molar-refractivity contribution in [1.29, 1.82) is 0 Å². The molecule has 1 unspecified atom stereocenters. The third-order valence-corrected chi connectivity index (χ3v) is 14.2. The zero-order valence-corrected chi connectivity index (χ0v) is 16.1. The van der Waals surface area contributed by atoms with Crippen LogP contribution >= 0.6 is 22.2 Å². The van der Waals surface area contributed by atoms with Crippen molar-refractivity contribution in [3.05, 3.63) is 0 Å². The van der Waals surface area contributed by atoms with Crippen molar-refractivity contribution >= 4 is 56.0 Å². The van der Waals surface area contributed by atoms with Gasteiger partial charge in [-0.25, -0.2) is 0 Å². The Morgan fingerprint density at radius 3 is 1.73 bits per heavy atom. The van der Waals surface area contributed by atoms with E-state index in [0.717, 1.165) is 0 Å². The van der Waals surface area contributed by atoms with Crippen LogP contribution in [0.2, 0.25) is 39.3 Å². The molecule has 0 heterocycles. The van der Waals surface area contributed by atoms with Gasteiger partial charge in [-0.1, -0.05) is 6.55 Å². The maximum absolute atomic E-state index is 6.21. The lowest BCUT2D eigenvalue weighted by atomic mass is 11.9. The summed E-state index contributed by atoms with van der Waals surface area (Å²) in [5.41, 5.74) is 0. The fourth-order valence-electron chi connectivity index (χ4n) is 1.33. The van der Waals surface area contributed by atoms with Gasteiger partial charge in [-0.15, -0.1) is 22.2 Å². The van der Waals surface area contributed by atoms with E-state index in [1.54, 1.807) is 0 Å². The molecule has 0 aliphatic heterocycles. The smallest absolute Gasteiger partial charge is 0.420 e. The summed E-state index contributed by atoms with van der Waals surface area (Å²) in [5.74, 6) is 0. The highest BCUT2D eigenvalue weighted by Gasteiger charge is 2.41. The summed E-state index contributed by atoms with van der Waals surface area (Å²) < 4.78 is 17.2. The standard InChI is InChI=1S/C6H20Cl2O3Si4/c1-12-9-15(6,8)11-14(4,5)10-13(2,3)7/h12H2,1-6H3. The lowest BCUT2D eigenvalue weighted by Gasteiger charge is -2.34. The molecule has 0 amide bonds. The van der Waals surface area contributed by atoms with Gasteiger partial charge in [-0.2, -0.15) is 0 Å². The summed E-state index contributed by atoms with van der Waals surface area (Å²) in [4.78, 5) is 0. The molecule has 0 aromatic heterocycles. The van der Waals surface area contributed by atoms with Crippen molar-refractivity contribution in [1.82, 2.24) is 0 Å². The largest absolute Gasteiger partial charge is 0.431 e. The zero-order valence-electron chi connectivity index (χ0n) is 10.2. The molecule has 0 saturated carbocycles. The van der Waals surface area contributed by atoms with E-state index in [4.69, 9.17) is 34.5 Å². The summed E-state index contributed by atoms with van der Waals surface area (Å²) in [6.45, 7) is 11.6. The normalized spacial score (nSPS) is 18.4. The van der Waals surface area contributed by atoms with Gasteiger partial charge in [0.1, 0.15) is 9.76 Å². The van der Waals surface area contributed by atoms with Gasteiger partial charge >= 0.3 is 16.4 Å². The summed E-state index contributed by atoms with van der Waals surface area (Å²) in [6.07, 6.45) is 0. The Morgan fingerprint density at radius 1 is 0.933 bits per heavy atom. The van der Waals surface area contributed by atoms with Gasteiger partial charge < -0.3 is 12.3 Å². The van der Waals surface area contributed by atoms with Crippen LogP contribution < -0.4 is 0 Å². The number of halogens is 2. The first-order valence-corrected chi connectivity index (χ1v) is 17.0. The van der Waals surface area contributed by atoms with E-state index in [1.165, 1.54) is 0 Å². The van der Waals surface area contributed by atoms with Crippen LogP contribution in [0, 0.1) is 0 Å². The minimum atomic E-state index is -2.50. The highest BCUT2D eigenvalue weighted by molar-refractivity contribution is 7.19. The first kappa shape index (κ1) is 16.3. The molecule has 9 heteroatoms. The second kappa shape index (κ2) is 5.78. The van der Waals surface area contributed by atoms with Gasteiger partial charge in [0.05, 0.1) is 0 Å². The molecule has 0 aliphatic carbocycles. The van der Waals surface area contributed by atoms with E-state index in [2.05, 4.69) is 0 Å². The second-order valence-electron chi connectivity index (χ2n) is 4.24. The van der Waals surface area contributed by atoms with Crippen LogP contribution in [0.1, 0.15) is 0 Å². The maximum atomic E-state index is 6.21. The van der Waals surface area contributed by atoms with Gasteiger partial charge in [0.2, 0.25) is 0 Å². The lowest BCUT2D eigenvalue weighted by Crippen LogP contribution is -2.51. The summed E-state index contributed by atoms with van der Waals surface area (Å²) >= 11 is 12.3. The van der Waals surface area contributed by atoms with Crippen LogP contribution in [-0.2, 0) is 12.3 Å². The lowest BCUT2D eigenvalue weighted by molar-refractivity contribution is 0.354. The Kier molecular flexibility index (Phi) is 6.29. The summed E-state index contributed by atoms with van der Waals surface area (Å²) in [7, 11) is -7.40. The maximum Gasteiger partial charge on any atom is 0.420 e. The fourth-order valence-corrected chi connectivity index (χ4v) is 17.2. The number of hydrogen-bond acceptors (Lipinski definition) is 3. The van der Waals surface area contributed by atoms with Gasteiger partial charge in [-0.05, 0) is 32.7 Å². The van der Waals surface area contributed by atoms with Crippen LogP contribution in [0.15, 0.2) is 0 Å². The van der Waals surface area contributed by atoms with Gasteiger partial charge in [0, 0.05) is 0 Å². The van der Waals surface area contributed by atoms with Gasteiger partial charge in [0.25, 0.3) is 7.63 Å². The van der Waals surface area contributed by atoms with Crippen LogP contribution in [0.5, 0.6) is 0 Å². The van der Waals surface area contributed by atoms with Crippen LogP contribution in [-0.4, -0.2) is 33.8 Å². The molecule has 0 rings (SSSR count). The molecule has 15 heavy (non-hydrogen) atoms. The third kappa shape index (κ3) is 9.07. The third-order valence-electron chi connectivity index (χ3n) is 1.32. The quantitative estimate of drug-likeness (QED) is 0.555. The Morgan fingerprint density at radius 2 is 1.40 bits per heavy atom. The highest BCUT2D eigenvalue weighted by atomic mass is 35.6. The van der Waals surface area contributed by atoms with E-state index >= 15 is 0 Å². The molecule has 0 N–H and O–H groups in total. The molecule has 0 fully saturated rings. The minimum absolute atomic E-state index is 0.551. The van der Waals surface area contributed by atoms with Crippen molar-refractivity contribution in [3.63, 3.8) is 0 Å². The van der Waals surface area contributed by atoms with E-state index in [1.807, 2.05) is 39.3 Å². The molecule has 0 bridgehead atoms. The van der Waals surface area contributed by atoms with Crippen LogP contribution in [0.25, 0.3) is 0 Å². The molecule has 0 spiro atoms. The topological polar surface area (TPSA) is 27.7 Å². The van der Waals surface area contributed by atoms with E-state index in [9.17, 15) is 0 Å². The number of hydrogen-bond donors (Lipinski definition) is 0. The van der Waals surface area contributed by atoms with Crippen LogP contribution in [0.4, 0.5) is 0 Å². The van der Waals surface area contributed by atoms with Crippen LogP contribution in [0.3, 0.4) is 0 Å². The molecule has 92 valence electrons. The minimum Gasteiger partial charge on any atom is -0.431 e. The summed E-state index contributed by atoms with van der Waals surface area (Å²) in [5, 5.41) is 0. The average molecular weight is 323 g/mol. The zero-order chi connectivity index (χ0) is 12.3. The Balaban J connectivity index is 4.36. The van der Waals surface area contributed by atoms with Crippen molar-refractivity contribution < 1.29 is 12.3 Å². The Labute approximate surface area is 107 Å². The number of rotatable bonds is 6. The Hall–Kier alpha value is 1.33. The molecular formula is C6H20Cl2O3Si4. The first-order chi connectivity index (χ1) is 6.47. The molecule has 0 radical (unpaired) electrons. The first-order valence-electron chi connectivity index (χ1n) is 4.89. The molecule has 0 aromatic rings. The van der Waals surface area contributed by atoms with Crippen molar-refractivity contribution in [2.24, 2.45) is 0 Å². The predicted molar refractivity (Wildman–Crippen MR) is 76.0 cm³/mol. The molecular weight excluding hydrogens is 303 g/mol. The van der Waals surface area contributed by atoms with E-state index in [0.29, 0.717) is 0 Å². The highest BCUT2D eigenvalue weighted by Crippen LogP contribution is 2.24. The van der Waals surface area contributed by atoms with E-state index < -0.39 is 33.8 Å². The monoisotopic (exact) mass is 322 g/mol. The summed E-state index contributed by atoms with van der Waals surface area (Å²) in [6, 6.07) is 0. The average Bonchev–Trinajstić information content (AvgIpc) is 1.74. The van der Waals surface area contributed by atoms with Crippen molar-refractivity contribution in [2.75, 3.05) is 0 Å². The predicted octanol–water partition coefficient (Wildman–Crippen LogP) is 2.62. The van der Waals surface area contributed by atoms with Gasteiger partial charge in [-0.3, -0.25) is 0 Å². The SMILES string of the molecule is C[SiH2]O[Si](C)(Cl)O[Si](C)(C)O[Si](C)(C)Cl. The fraction of sp³-hybridized carbons (Fsp3) is 1.00. The molecule has 0 aromatic carbocycles. The Bertz CT molecular complexity index is 207. The molecule has 1 atom stereocenters. The van der Waals surface area contributed by atoms with Gasteiger partial charge in [0.15, 0.2) is 0 Å². The molecule has 0 aliphatic rings. The van der Waals surface area contributed by atoms with Crippen molar-refractivity contribution in [3.8, 4) is 0 Å². The molecule has 3 nitrogen and oxygen atoms in total. The van der Waals surface area contributed by atoms with E-state index in [-0.39, 0.29) is 0 Å². The second-order valence-corrected chi connectivity index (χ2v) is 19.6. The van der Waals surface area contributed by atoms with Crippen molar-refractivity contribution in [2.45, 2.75) is 39.3 Å².